The zero-order valence-electron chi connectivity index (χ0n) is 17.0. The number of thiophene rings is 1. The minimum Gasteiger partial charge on any atom is -0.465 e. The Labute approximate surface area is 188 Å². The summed E-state index contributed by atoms with van der Waals surface area (Å²) in [5, 5.41) is 4.85. The minimum atomic E-state index is -0.602. The number of para-hydroxylation sites is 2. The Morgan fingerprint density at radius 3 is 2.31 bits per heavy atom. The molecule has 4 rings (SSSR count). The maximum atomic E-state index is 13.3. The van der Waals surface area contributed by atoms with Crippen molar-refractivity contribution in [3.63, 3.8) is 0 Å². The van der Waals surface area contributed by atoms with Gasteiger partial charge in [0.25, 0.3) is 5.91 Å². The van der Waals surface area contributed by atoms with Crippen LogP contribution >= 0.6 is 11.3 Å². The number of hydrogen-bond acceptors (Lipinski definition) is 5. The van der Waals surface area contributed by atoms with Gasteiger partial charge in [-0.25, -0.2) is 9.18 Å². The summed E-state index contributed by atoms with van der Waals surface area (Å²) in [6.45, 7) is 0. The summed E-state index contributed by atoms with van der Waals surface area (Å²) in [6, 6.07) is 21.7. The van der Waals surface area contributed by atoms with Crippen molar-refractivity contribution < 1.29 is 23.5 Å². The fourth-order valence-corrected chi connectivity index (χ4v) is 4.08. The van der Waals surface area contributed by atoms with Crippen LogP contribution in [0.2, 0.25) is 0 Å². The Hall–Kier alpha value is -3.97. The number of ether oxygens (including phenoxy) is 2. The summed E-state index contributed by atoms with van der Waals surface area (Å²) in [6.07, 6.45) is 0. The van der Waals surface area contributed by atoms with Gasteiger partial charge in [-0.15, -0.1) is 11.3 Å². The summed E-state index contributed by atoms with van der Waals surface area (Å²) in [7, 11) is 1.27. The lowest BCUT2D eigenvalue weighted by Gasteiger charge is -2.12. The van der Waals surface area contributed by atoms with Crippen LogP contribution in [0.3, 0.4) is 0 Å². The summed E-state index contributed by atoms with van der Waals surface area (Å²) in [4.78, 5) is 25.6. The van der Waals surface area contributed by atoms with Crippen molar-refractivity contribution in [2.75, 3.05) is 12.4 Å². The summed E-state index contributed by atoms with van der Waals surface area (Å²) >= 11 is 1.18. The van der Waals surface area contributed by atoms with E-state index in [-0.39, 0.29) is 11.4 Å². The maximum Gasteiger partial charge on any atom is 0.341 e. The topological polar surface area (TPSA) is 64.6 Å². The third-order valence-electron chi connectivity index (χ3n) is 4.67. The molecule has 0 aliphatic rings. The van der Waals surface area contributed by atoms with Gasteiger partial charge in [0.15, 0.2) is 0 Å². The van der Waals surface area contributed by atoms with Crippen molar-refractivity contribution >= 4 is 28.2 Å². The molecule has 0 saturated carbocycles. The normalized spacial score (nSPS) is 10.4. The highest BCUT2D eigenvalue weighted by molar-refractivity contribution is 7.15. The van der Waals surface area contributed by atoms with E-state index in [1.807, 2.05) is 18.2 Å². The number of hydrogen-bond donors (Lipinski definition) is 1. The average Bonchev–Trinajstić information content (AvgIpc) is 3.23. The van der Waals surface area contributed by atoms with E-state index in [0.717, 1.165) is 0 Å². The van der Waals surface area contributed by atoms with Crippen LogP contribution in [0.1, 0.15) is 20.7 Å². The second-order valence-electron chi connectivity index (χ2n) is 6.72. The van der Waals surface area contributed by atoms with Crippen molar-refractivity contribution in [1.29, 1.82) is 0 Å². The zero-order valence-corrected chi connectivity index (χ0v) is 17.8. The standard InChI is InChI=1S/C25H18FNO4S/c1-30-25(29)22-20(16-11-13-17(26)14-12-16)15-32-24(22)27-23(28)19-9-5-6-10-21(19)31-18-7-3-2-4-8-18/h2-15H,1H3,(H,27,28). The highest BCUT2D eigenvalue weighted by Gasteiger charge is 2.23. The molecular weight excluding hydrogens is 429 g/mol. The monoisotopic (exact) mass is 447 g/mol. The molecule has 0 fully saturated rings. The highest BCUT2D eigenvalue weighted by Crippen LogP contribution is 2.37. The van der Waals surface area contributed by atoms with Crippen LogP contribution in [-0.4, -0.2) is 19.0 Å². The molecule has 0 saturated heterocycles. The van der Waals surface area contributed by atoms with Crippen molar-refractivity contribution in [2.45, 2.75) is 0 Å². The van der Waals surface area contributed by atoms with Gasteiger partial charge < -0.3 is 14.8 Å². The number of rotatable bonds is 6. The number of esters is 1. The molecule has 4 aromatic rings. The molecule has 0 unspecified atom stereocenters. The largest absolute Gasteiger partial charge is 0.465 e. The van der Waals surface area contributed by atoms with Crippen LogP contribution in [0.15, 0.2) is 84.2 Å². The Morgan fingerprint density at radius 2 is 1.59 bits per heavy atom. The van der Waals surface area contributed by atoms with E-state index in [2.05, 4.69) is 5.32 Å². The first-order chi connectivity index (χ1) is 15.6. The molecule has 1 aromatic heterocycles. The van der Waals surface area contributed by atoms with Gasteiger partial charge in [-0.3, -0.25) is 4.79 Å². The van der Waals surface area contributed by atoms with E-state index in [0.29, 0.717) is 33.2 Å². The Kier molecular flexibility index (Phi) is 6.28. The SMILES string of the molecule is COC(=O)c1c(-c2ccc(F)cc2)csc1NC(=O)c1ccccc1Oc1ccccc1. The quantitative estimate of drug-likeness (QED) is 0.348. The Bertz CT molecular complexity index is 1250. The molecule has 5 nitrogen and oxygen atoms in total. The average molecular weight is 447 g/mol. The summed E-state index contributed by atoms with van der Waals surface area (Å²) < 4.78 is 24.1. The van der Waals surface area contributed by atoms with Gasteiger partial charge >= 0.3 is 5.97 Å². The zero-order chi connectivity index (χ0) is 22.5. The van der Waals surface area contributed by atoms with Gasteiger partial charge in [-0.2, -0.15) is 0 Å². The lowest BCUT2D eigenvalue weighted by Crippen LogP contribution is -2.15. The number of amides is 1. The highest BCUT2D eigenvalue weighted by atomic mass is 32.1. The molecule has 1 heterocycles. The number of carbonyl (C=O) groups excluding carboxylic acids is 2. The molecule has 0 aliphatic carbocycles. The second kappa shape index (κ2) is 9.45. The third kappa shape index (κ3) is 4.53. The Morgan fingerprint density at radius 1 is 0.906 bits per heavy atom. The van der Waals surface area contributed by atoms with Gasteiger partial charge in [0.05, 0.1) is 12.7 Å². The van der Waals surface area contributed by atoms with E-state index in [1.165, 1.54) is 30.6 Å². The summed E-state index contributed by atoms with van der Waals surface area (Å²) in [5.41, 5.74) is 1.70. The van der Waals surface area contributed by atoms with Crippen LogP contribution in [0.5, 0.6) is 11.5 Å². The molecule has 32 heavy (non-hydrogen) atoms. The molecule has 0 spiro atoms. The van der Waals surface area contributed by atoms with Crippen molar-refractivity contribution in [2.24, 2.45) is 0 Å². The first-order valence-electron chi connectivity index (χ1n) is 9.66. The molecular formula is C25H18FNO4S. The number of anilines is 1. The fraction of sp³-hybridized carbons (Fsp3) is 0.0400. The number of halogens is 1. The number of benzene rings is 3. The van der Waals surface area contributed by atoms with Crippen molar-refractivity contribution in [1.82, 2.24) is 0 Å². The molecule has 1 N–H and O–H groups in total. The van der Waals surface area contributed by atoms with Crippen LogP contribution < -0.4 is 10.1 Å². The first-order valence-corrected chi connectivity index (χ1v) is 10.5. The summed E-state index contributed by atoms with van der Waals surface area (Å²) in [5.74, 6) is -0.445. The lowest BCUT2D eigenvalue weighted by molar-refractivity contribution is 0.0603. The maximum absolute atomic E-state index is 13.3. The molecule has 7 heteroatoms. The van der Waals surface area contributed by atoms with Crippen LogP contribution in [0.25, 0.3) is 11.1 Å². The smallest absolute Gasteiger partial charge is 0.341 e. The minimum absolute atomic E-state index is 0.207. The number of carbonyl (C=O) groups is 2. The molecule has 3 aromatic carbocycles. The van der Waals surface area contributed by atoms with Crippen molar-refractivity contribution in [3.8, 4) is 22.6 Å². The van der Waals surface area contributed by atoms with Crippen LogP contribution in [-0.2, 0) is 4.74 Å². The van der Waals surface area contributed by atoms with Gasteiger partial charge in [0.1, 0.15) is 27.9 Å². The molecule has 1 amide bonds. The first kappa shape index (κ1) is 21.3. The van der Waals surface area contributed by atoms with Gasteiger partial charge in [-0.05, 0) is 42.0 Å². The molecule has 0 atom stereocenters. The molecule has 0 radical (unpaired) electrons. The van der Waals surface area contributed by atoms with E-state index in [4.69, 9.17) is 9.47 Å². The van der Waals surface area contributed by atoms with Crippen LogP contribution in [0, 0.1) is 5.82 Å². The molecule has 0 aliphatic heterocycles. The van der Waals surface area contributed by atoms with E-state index >= 15 is 0 Å². The van der Waals surface area contributed by atoms with Gasteiger partial charge in [-0.1, -0.05) is 42.5 Å². The fourth-order valence-electron chi connectivity index (χ4n) is 3.13. The van der Waals surface area contributed by atoms with Gasteiger partial charge in [0.2, 0.25) is 0 Å². The Balaban J connectivity index is 1.66. The number of nitrogens with one attached hydrogen (secondary N) is 1. The van der Waals surface area contributed by atoms with Crippen LogP contribution in [0.4, 0.5) is 9.39 Å². The third-order valence-corrected chi connectivity index (χ3v) is 5.56. The predicted molar refractivity (Wildman–Crippen MR) is 122 cm³/mol. The van der Waals surface area contributed by atoms with Gasteiger partial charge in [0, 0.05) is 10.9 Å². The lowest BCUT2D eigenvalue weighted by atomic mass is 10.0. The van der Waals surface area contributed by atoms with E-state index in [9.17, 15) is 14.0 Å². The number of methoxy groups -OCH3 is 1. The van der Waals surface area contributed by atoms with E-state index < -0.39 is 11.9 Å². The van der Waals surface area contributed by atoms with E-state index in [1.54, 1.807) is 53.9 Å². The molecule has 0 bridgehead atoms. The second-order valence-corrected chi connectivity index (χ2v) is 7.60. The predicted octanol–water partition coefficient (Wildman–Crippen LogP) is 6.39. The van der Waals surface area contributed by atoms with Crippen molar-refractivity contribution in [3.05, 3.63) is 101 Å². The molecule has 160 valence electrons.